The molecule has 12 nitrogen and oxygen atoms in total. The van der Waals surface area contributed by atoms with Crippen LogP contribution in [0.25, 0.3) is 10.8 Å². The van der Waals surface area contributed by atoms with Gasteiger partial charge in [0.25, 0.3) is 0 Å². The molecule has 2 aliphatic rings. The smallest absolute Gasteiger partial charge is 0.447 e. The number of fused-ring (bicyclic) bond motifs is 2. The van der Waals surface area contributed by atoms with E-state index in [4.69, 9.17) is 19.9 Å². The zero-order valence-electron chi connectivity index (χ0n) is 21.9. The van der Waals surface area contributed by atoms with Crippen LogP contribution >= 0.6 is 0 Å². The van der Waals surface area contributed by atoms with Gasteiger partial charge < -0.3 is 25.3 Å². The van der Waals surface area contributed by atoms with Crippen molar-refractivity contribution in [3.05, 3.63) is 47.4 Å². The minimum absolute atomic E-state index is 0.0671. The van der Waals surface area contributed by atoms with Crippen LogP contribution in [0.2, 0.25) is 0 Å². The third kappa shape index (κ3) is 5.02. The Hall–Kier alpha value is -4.10. The minimum Gasteiger partial charge on any atom is -0.470 e. The van der Waals surface area contributed by atoms with Crippen LogP contribution in [0.5, 0.6) is 5.88 Å². The van der Waals surface area contributed by atoms with E-state index in [1.54, 1.807) is 31.6 Å². The maximum absolute atomic E-state index is 12.3. The minimum atomic E-state index is -1.06. The van der Waals surface area contributed by atoms with Crippen molar-refractivity contribution in [2.45, 2.75) is 44.4 Å². The highest BCUT2D eigenvalue weighted by atomic mass is 19.3. The summed E-state index contributed by atoms with van der Waals surface area (Å²) in [5.74, 6) is 0.846. The third-order valence-electron chi connectivity index (χ3n) is 7.07. The number of hydrogen-bond donors (Lipinski definition) is 2. The molecule has 206 valence electrons. The first-order chi connectivity index (χ1) is 18.6. The van der Waals surface area contributed by atoms with Crippen LogP contribution in [0, 0.1) is 0 Å². The topological polar surface area (TPSA) is 151 Å². The molecule has 3 N–H and O–H groups in total. The van der Waals surface area contributed by atoms with E-state index in [-0.39, 0.29) is 43.8 Å². The van der Waals surface area contributed by atoms with E-state index < -0.39 is 11.6 Å². The number of esters is 1. The summed E-state index contributed by atoms with van der Waals surface area (Å²) < 4.78 is 28.9. The summed E-state index contributed by atoms with van der Waals surface area (Å²) >= 11 is 0. The highest BCUT2D eigenvalue weighted by molar-refractivity contribution is 5.93. The second-order valence-electron chi connectivity index (χ2n) is 10.1. The van der Waals surface area contributed by atoms with E-state index in [9.17, 15) is 14.1 Å². The number of pyridine rings is 3. The van der Waals surface area contributed by atoms with Gasteiger partial charge in [-0.15, -0.1) is 0 Å². The van der Waals surface area contributed by atoms with E-state index >= 15 is 0 Å². The average molecular weight is 541 g/mol. The zero-order chi connectivity index (χ0) is 27.9. The third-order valence-corrected chi connectivity index (χ3v) is 7.07. The Morgan fingerprint density at radius 1 is 1.23 bits per heavy atom. The molecule has 0 saturated carbocycles. The Kier molecular flexibility index (Phi) is 6.95. The summed E-state index contributed by atoms with van der Waals surface area (Å²) in [5, 5.41) is 4.54. The molecule has 0 radical (unpaired) electrons. The summed E-state index contributed by atoms with van der Waals surface area (Å²) in [7, 11) is 1.57. The van der Waals surface area contributed by atoms with Crippen LogP contribution in [0.4, 0.5) is 21.0 Å². The molecule has 2 aliphatic heterocycles. The van der Waals surface area contributed by atoms with Crippen molar-refractivity contribution in [3.63, 3.8) is 0 Å². The van der Waals surface area contributed by atoms with Gasteiger partial charge >= 0.3 is 12.1 Å². The second kappa shape index (κ2) is 10.2. The van der Waals surface area contributed by atoms with E-state index in [2.05, 4.69) is 25.2 Å². The number of halogens is 1. The molecule has 1 saturated heterocycles. The molecule has 0 spiro atoms. The molecular weight excluding hydrogens is 511 g/mol. The largest absolute Gasteiger partial charge is 0.470 e. The molecule has 13 heteroatoms. The van der Waals surface area contributed by atoms with E-state index in [1.165, 1.54) is 4.90 Å². The number of hydrogen-bond acceptors (Lipinski definition) is 11. The first-order valence-corrected chi connectivity index (χ1v) is 12.4. The predicted octanol–water partition coefficient (Wildman–Crippen LogP) is 3.34. The molecule has 0 aliphatic carbocycles. The Labute approximate surface area is 223 Å². The Morgan fingerprint density at radius 2 is 2.00 bits per heavy atom. The molecule has 3 atom stereocenters. The van der Waals surface area contributed by atoms with Crippen molar-refractivity contribution in [1.29, 1.82) is 0 Å². The van der Waals surface area contributed by atoms with Gasteiger partial charge in [-0.25, -0.2) is 29.5 Å². The number of aromatic nitrogens is 3. The van der Waals surface area contributed by atoms with E-state index in [0.29, 0.717) is 39.7 Å². The number of carbonyl (C=O) groups is 2. The number of nitrogens with zero attached hydrogens (tertiary/aromatic N) is 4. The molecule has 3 aromatic rings. The molecule has 39 heavy (non-hydrogen) atoms. The van der Waals surface area contributed by atoms with Crippen LogP contribution < -0.4 is 15.8 Å². The lowest BCUT2D eigenvalue weighted by Gasteiger charge is -2.36. The van der Waals surface area contributed by atoms with Gasteiger partial charge in [-0.3, -0.25) is 4.90 Å². The summed E-state index contributed by atoms with van der Waals surface area (Å²) in [6.45, 7) is 6.18. The number of ether oxygens (including phenoxy) is 3. The normalized spacial score (nSPS) is 20.5. The Balaban J connectivity index is 1.48. The summed E-state index contributed by atoms with van der Waals surface area (Å²) in [5.41, 5.74) is 7.52. The summed E-state index contributed by atoms with van der Waals surface area (Å²) in [6.07, 6.45) is 1.50. The highest BCUT2D eigenvalue weighted by Gasteiger charge is 2.35. The van der Waals surface area contributed by atoms with Crippen LogP contribution in [-0.2, 0) is 20.0 Å². The number of likely N-dealkylation sites (tertiary alicyclic amines) is 1. The highest BCUT2D eigenvalue weighted by Crippen LogP contribution is 2.35. The number of methoxy groups -OCH3 is 1. The summed E-state index contributed by atoms with van der Waals surface area (Å²) in [4.78, 5) is 41.7. The molecule has 5 rings (SSSR count). The van der Waals surface area contributed by atoms with Crippen molar-refractivity contribution in [3.8, 4) is 5.88 Å². The molecule has 3 aromatic heterocycles. The fourth-order valence-electron chi connectivity index (χ4n) is 4.73. The van der Waals surface area contributed by atoms with Gasteiger partial charge in [0.1, 0.15) is 23.8 Å². The molecular formula is C26H29FN6O6. The van der Waals surface area contributed by atoms with Crippen LogP contribution in [0.3, 0.4) is 0 Å². The number of amides is 1. The monoisotopic (exact) mass is 540 g/mol. The molecule has 5 heterocycles. The average Bonchev–Trinajstić information content (AvgIpc) is 2.88. The van der Waals surface area contributed by atoms with Gasteiger partial charge in [0.2, 0.25) is 5.88 Å². The van der Waals surface area contributed by atoms with Crippen LogP contribution in [0.1, 0.15) is 48.3 Å². The van der Waals surface area contributed by atoms with Crippen molar-refractivity contribution in [1.82, 2.24) is 19.9 Å². The van der Waals surface area contributed by atoms with Crippen LogP contribution in [0.15, 0.2) is 30.6 Å². The Morgan fingerprint density at radius 3 is 2.72 bits per heavy atom. The number of anilines is 2. The second-order valence-corrected chi connectivity index (χ2v) is 10.1. The molecule has 0 bridgehead atoms. The fourth-order valence-corrected chi connectivity index (χ4v) is 4.73. The first kappa shape index (κ1) is 26.5. The van der Waals surface area contributed by atoms with Crippen molar-refractivity contribution in [2.24, 2.45) is 5.73 Å². The van der Waals surface area contributed by atoms with Gasteiger partial charge in [0.05, 0.1) is 41.9 Å². The predicted molar refractivity (Wildman–Crippen MR) is 137 cm³/mol. The number of rotatable bonds is 7. The van der Waals surface area contributed by atoms with Gasteiger partial charge in [-0.2, -0.15) is 0 Å². The standard InChI is InChI=1S/C26H29FN6O6/c1-13-14(2)37-24(34)16-5-6-20(32-22(13)16)31-21-7-17-18(8-29-21)23(30-9-19(17)26(3,28)12-36-4)38-15-10-33(11-15)25(35)39-27/h5-9,13-15H,10-12,28H2,1-4H3,(H,29,31,32)/t13-,14-,26+/m0/s1. The Bertz CT molecular complexity index is 1430. The lowest BCUT2D eigenvalue weighted by Crippen LogP contribution is -2.56. The SMILES string of the molecule is COC[C@@](C)(N)c1cnc(OC2CN(C(=O)OF)C2)c2cnc(Nc3ccc4c(n3)[C@@H](C)[C@H](C)OC4=O)cc12. The number of carbonyl (C=O) groups excluding carboxylic acids is 2. The molecule has 1 amide bonds. The van der Waals surface area contributed by atoms with E-state index in [1.807, 2.05) is 26.8 Å². The quantitative estimate of drug-likeness (QED) is 0.425. The van der Waals surface area contributed by atoms with Crippen LogP contribution in [-0.4, -0.2) is 70.9 Å². The lowest BCUT2D eigenvalue weighted by atomic mass is 9.91. The van der Waals surface area contributed by atoms with Gasteiger partial charge in [0, 0.05) is 35.5 Å². The first-order valence-electron chi connectivity index (χ1n) is 12.4. The van der Waals surface area contributed by atoms with Gasteiger partial charge in [0.15, 0.2) is 0 Å². The maximum Gasteiger partial charge on any atom is 0.447 e. The van der Waals surface area contributed by atoms with Crippen molar-refractivity contribution >= 4 is 34.5 Å². The molecule has 0 aromatic carbocycles. The zero-order valence-corrected chi connectivity index (χ0v) is 21.9. The van der Waals surface area contributed by atoms with Crippen molar-refractivity contribution < 1.29 is 33.3 Å². The molecule has 0 unspecified atom stereocenters. The number of nitrogens with one attached hydrogen (secondary N) is 1. The van der Waals surface area contributed by atoms with Crippen molar-refractivity contribution in [2.75, 3.05) is 32.1 Å². The fraction of sp³-hybridized carbons (Fsp3) is 0.423. The maximum atomic E-state index is 12.3. The molecule has 1 fully saturated rings. The van der Waals surface area contributed by atoms with Gasteiger partial charge in [-0.1, -0.05) is 6.92 Å². The number of cyclic esters (lactones) is 1. The van der Waals surface area contributed by atoms with Gasteiger partial charge in [-0.05, 0) is 37.4 Å². The number of nitrogens with two attached hydrogens (primary N) is 1. The van der Waals surface area contributed by atoms with E-state index in [0.717, 1.165) is 5.39 Å². The summed E-state index contributed by atoms with van der Waals surface area (Å²) in [6, 6.07) is 5.20. The lowest BCUT2D eigenvalue weighted by molar-refractivity contribution is -0.0976.